The molecule has 36 heavy (non-hydrogen) atoms. The van der Waals surface area contributed by atoms with Crippen molar-refractivity contribution in [1.82, 2.24) is 10.2 Å². The summed E-state index contributed by atoms with van der Waals surface area (Å²) >= 11 is 0. The molecule has 0 aromatic heterocycles. The van der Waals surface area contributed by atoms with Crippen LogP contribution in [0.5, 0.6) is 0 Å². The van der Waals surface area contributed by atoms with Crippen LogP contribution in [-0.4, -0.2) is 29.6 Å². The molecule has 6 rings (SSSR count). The third-order valence-corrected chi connectivity index (χ3v) is 8.61. The van der Waals surface area contributed by atoms with E-state index in [2.05, 4.69) is 102 Å². The topological polar surface area (TPSA) is 41.3 Å². The first-order valence-corrected chi connectivity index (χ1v) is 13.5. The smallest absolute Gasteiger partial charge is 0.0403 e. The number of hydrogen-bond donors (Lipinski definition) is 2. The van der Waals surface area contributed by atoms with Crippen molar-refractivity contribution in [2.45, 2.75) is 44.3 Å². The van der Waals surface area contributed by atoms with E-state index in [0.29, 0.717) is 35.9 Å². The Morgan fingerprint density at radius 3 is 2.75 bits per heavy atom. The van der Waals surface area contributed by atoms with E-state index in [1.54, 1.807) is 11.8 Å². The lowest BCUT2D eigenvalue weighted by Crippen LogP contribution is -2.44. The molecule has 6 atom stereocenters. The summed E-state index contributed by atoms with van der Waals surface area (Å²) in [6.07, 6.45) is 41.9. The zero-order valence-electron chi connectivity index (χ0n) is 21.1. The van der Waals surface area contributed by atoms with Gasteiger partial charge in [-0.05, 0) is 54.3 Å². The number of nitrogens with zero attached hydrogens (tertiary/aromatic N) is 1. The molecule has 0 amide bonds. The summed E-state index contributed by atoms with van der Waals surface area (Å²) in [4.78, 5) is 2.80. The summed E-state index contributed by atoms with van der Waals surface area (Å²) in [5, 5.41) is 3.67. The molecule has 0 spiro atoms. The molecule has 6 aliphatic rings. The molecule has 3 nitrogen and oxygen atoms in total. The third-order valence-electron chi connectivity index (χ3n) is 8.61. The minimum Gasteiger partial charge on any atom is -0.405 e. The number of rotatable bonds is 5. The monoisotopic (exact) mass is 475 g/mol. The van der Waals surface area contributed by atoms with Crippen LogP contribution in [0.2, 0.25) is 0 Å². The van der Waals surface area contributed by atoms with Crippen molar-refractivity contribution in [2.24, 2.45) is 23.5 Å². The van der Waals surface area contributed by atoms with Crippen molar-refractivity contribution >= 4 is 0 Å². The maximum Gasteiger partial charge on any atom is 0.0403 e. The highest BCUT2D eigenvalue weighted by Crippen LogP contribution is 2.50. The molecular formula is C33H37N3. The molecule has 2 heterocycles. The Bertz CT molecular complexity index is 1230. The predicted molar refractivity (Wildman–Crippen MR) is 151 cm³/mol. The number of nitrogens with two attached hydrogens (primary N) is 1. The van der Waals surface area contributed by atoms with Gasteiger partial charge in [0.1, 0.15) is 0 Å². The first kappa shape index (κ1) is 23.1. The van der Waals surface area contributed by atoms with Crippen molar-refractivity contribution in [1.29, 1.82) is 0 Å². The van der Waals surface area contributed by atoms with Crippen molar-refractivity contribution in [3.8, 4) is 0 Å². The lowest BCUT2D eigenvalue weighted by molar-refractivity contribution is 0.191. The summed E-state index contributed by atoms with van der Waals surface area (Å²) < 4.78 is 0. The van der Waals surface area contributed by atoms with Crippen LogP contribution >= 0.6 is 0 Å². The molecule has 0 saturated carbocycles. The fourth-order valence-corrected chi connectivity index (χ4v) is 6.86. The summed E-state index contributed by atoms with van der Waals surface area (Å²) in [6, 6.07) is 1.37. The Morgan fingerprint density at radius 1 is 1.03 bits per heavy atom. The summed E-state index contributed by atoms with van der Waals surface area (Å²) in [6.45, 7) is 3.08. The van der Waals surface area contributed by atoms with E-state index in [0.717, 1.165) is 13.0 Å². The van der Waals surface area contributed by atoms with E-state index in [1.165, 1.54) is 35.3 Å². The standard InChI is InChI=1S/C33H37N3/c1-23(9-7-8-20-34)30-17-14-26(22-35-30)25-16-18-31-29(21-25)33-28-13-6-5-10-24(28)15-19-32(33)36(31)27-11-3-2-4-12-27/h2-5,7-11,14-21,23,27,29,31-33,35H,6,12-13,22,34H2,1H3/b9-7-,20-8-. The van der Waals surface area contributed by atoms with Gasteiger partial charge < -0.3 is 11.1 Å². The highest BCUT2D eigenvalue weighted by molar-refractivity contribution is 5.52. The van der Waals surface area contributed by atoms with Gasteiger partial charge in [0.2, 0.25) is 0 Å². The second kappa shape index (κ2) is 9.99. The zero-order chi connectivity index (χ0) is 24.5. The van der Waals surface area contributed by atoms with Crippen LogP contribution in [-0.2, 0) is 0 Å². The molecule has 1 saturated heterocycles. The first-order chi connectivity index (χ1) is 17.7. The number of dihydropyridines is 1. The van der Waals surface area contributed by atoms with Crippen LogP contribution in [0.3, 0.4) is 0 Å². The molecule has 0 aromatic carbocycles. The Labute approximate surface area is 215 Å². The van der Waals surface area contributed by atoms with Gasteiger partial charge in [0, 0.05) is 48.1 Å². The van der Waals surface area contributed by atoms with E-state index >= 15 is 0 Å². The molecule has 0 radical (unpaired) electrons. The summed E-state index contributed by atoms with van der Waals surface area (Å²) in [5.74, 6) is 1.40. The average Bonchev–Trinajstić information content (AvgIpc) is 3.28. The van der Waals surface area contributed by atoms with Crippen molar-refractivity contribution in [2.75, 3.05) is 6.54 Å². The largest absolute Gasteiger partial charge is 0.405 e. The SMILES string of the molecule is CC(/C=C\C=C/N)C1=CC=C(C2=CC3C4C5=C(C=CCC5)C=CC4N(C4C=CC=CC4)C3C=C2)CN1. The Morgan fingerprint density at radius 2 is 1.94 bits per heavy atom. The van der Waals surface area contributed by atoms with Gasteiger partial charge in [0.25, 0.3) is 0 Å². The number of likely N-dealkylation sites (tertiary alicyclic amines) is 1. The normalized spacial score (nSPS) is 33.8. The third kappa shape index (κ3) is 4.16. The van der Waals surface area contributed by atoms with E-state index in [1.807, 2.05) is 12.2 Å². The Hall–Kier alpha value is -3.30. The Balaban J connectivity index is 1.31. The van der Waals surface area contributed by atoms with Gasteiger partial charge in [0.15, 0.2) is 0 Å². The summed E-state index contributed by atoms with van der Waals surface area (Å²) in [7, 11) is 0. The lowest BCUT2D eigenvalue weighted by atomic mass is 9.72. The quantitative estimate of drug-likeness (QED) is 0.483. The second-order valence-corrected chi connectivity index (χ2v) is 10.6. The molecule has 3 heteroatoms. The minimum absolute atomic E-state index is 0.333. The van der Waals surface area contributed by atoms with Gasteiger partial charge in [0.05, 0.1) is 0 Å². The van der Waals surface area contributed by atoms with Crippen LogP contribution in [0.4, 0.5) is 0 Å². The van der Waals surface area contributed by atoms with Gasteiger partial charge in [-0.1, -0.05) is 97.6 Å². The predicted octanol–water partition coefficient (Wildman–Crippen LogP) is 5.95. The van der Waals surface area contributed by atoms with Gasteiger partial charge in [-0.25, -0.2) is 0 Å². The van der Waals surface area contributed by atoms with Crippen molar-refractivity contribution in [3.63, 3.8) is 0 Å². The minimum atomic E-state index is 0.333. The molecule has 184 valence electrons. The number of hydrogen-bond acceptors (Lipinski definition) is 3. The maximum absolute atomic E-state index is 5.46. The fourth-order valence-electron chi connectivity index (χ4n) is 6.86. The van der Waals surface area contributed by atoms with Gasteiger partial charge in [-0.15, -0.1) is 0 Å². The van der Waals surface area contributed by atoms with Crippen molar-refractivity contribution in [3.05, 3.63) is 131 Å². The molecule has 0 aromatic rings. The van der Waals surface area contributed by atoms with E-state index in [9.17, 15) is 0 Å². The molecule has 1 fully saturated rings. The number of nitrogens with one attached hydrogen (secondary N) is 1. The number of fused-ring (bicyclic) bond motifs is 4. The van der Waals surface area contributed by atoms with Crippen LogP contribution < -0.4 is 11.1 Å². The molecular weight excluding hydrogens is 438 g/mol. The first-order valence-electron chi connectivity index (χ1n) is 13.5. The highest BCUT2D eigenvalue weighted by atomic mass is 15.2. The fraction of sp³-hybridized carbons (Fsp3) is 0.333. The highest BCUT2D eigenvalue weighted by Gasteiger charge is 2.51. The summed E-state index contributed by atoms with van der Waals surface area (Å²) in [5.41, 5.74) is 12.6. The van der Waals surface area contributed by atoms with Crippen LogP contribution in [0.1, 0.15) is 26.2 Å². The second-order valence-electron chi connectivity index (χ2n) is 10.6. The van der Waals surface area contributed by atoms with Crippen LogP contribution in [0.25, 0.3) is 0 Å². The molecule has 4 aliphatic carbocycles. The van der Waals surface area contributed by atoms with E-state index < -0.39 is 0 Å². The van der Waals surface area contributed by atoms with E-state index in [4.69, 9.17) is 5.73 Å². The lowest BCUT2D eigenvalue weighted by Gasteiger charge is -2.37. The van der Waals surface area contributed by atoms with Crippen molar-refractivity contribution < 1.29 is 0 Å². The molecule has 2 aliphatic heterocycles. The van der Waals surface area contributed by atoms with Gasteiger partial charge >= 0.3 is 0 Å². The average molecular weight is 476 g/mol. The maximum atomic E-state index is 5.46. The molecule has 0 bridgehead atoms. The van der Waals surface area contributed by atoms with E-state index in [-0.39, 0.29) is 0 Å². The Kier molecular flexibility index (Phi) is 6.41. The number of allylic oxidation sites excluding steroid dienone is 12. The van der Waals surface area contributed by atoms with Gasteiger partial charge in [-0.3, -0.25) is 4.90 Å². The van der Waals surface area contributed by atoms with Crippen LogP contribution in [0.15, 0.2) is 131 Å². The molecule has 6 unspecified atom stereocenters. The van der Waals surface area contributed by atoms with Crippen LogP contribution in [0, 0.1) is 17.8 Å². The van der Waals surface area contributed by atoms with Gasteiger partial charge in [-0.2, -0.15) is 0 Å². The molecule has 3 N–H and O–H groups in total. The zero-order valence-corrected chi connectivity index (χ0v) is 21.1.